The van der Waals surface area contributed by atoms with Crippen LogP contribution in [-0.4, -0.2) is 40.8 Å². The first-order chi connectivity index (χ1) is 13.6. The Labute approximate surface area is 168 Å². The second kappa shape index (κ2) is 9.41. The fraction of sp³-hybridized carbons (Fsp3) is 0.286. The Hall–Kier alpha value is -2.80. The summed E-state index contributed by atoms with van der Waals surface area (Å²) in [4.78, 5) is 36.7. The zero-order valence-corrected chi connectivity index (χ0v) is 16.6. The monoisotopic (exact) mass is 397 g/mol. The summed E-state index contributed by atoms with van der Waals surface area (Å²) in [7, 11) is 0. The van der Waals surface area contributed by atoms with E-state index in [-0.39, 0.29) is 35.9 Å². The largest absolute Gasteiger partial charge is 0.381 e. The van der Waals surface area contributed by atoms with Crippen molar-refractivity contribution < 1.29 is 14.4 Å². The van der Waals surface area contributed by atoms with Crippen molar-refractivity contribution in [2.75, 3.05) is 24.2 Å². The van der Waals surface area contributed by atoms with Gasteiger partial charge in [0.2, 0.25) is 5.91 Å². The molecule has 0 atom stereocenters. The van der Waals surface area contributed by atoms with Crippen molar-refractivity contribution in [3.8, 4) is 0 Å². The van der Waals surface area contributed by atoms with E-state index in [4.69, 9.17) is 0 Å². The average molecular weight is 398 g/mol. The number of hydrogen-bond acceptors (Lipinski definition) is 5. The van der Waals surface area contributed by atoms with Crippen molar-refractivity contribution in [3.63, 3.8) is 0 Å². The van der Waals surface area contributed by atoms with E-state index in [1.807, 2.05) is 30.3 Å². The van der Waals surface area contributed by atoms with Gasteiger partial charge in [0.25, 0.3) is 11.1 Å². The Morgan fingerprint density at radius 3 is 2.71 bits per heavy atom. The van der Waals surface area contributed by atoms with Gasteiger partial charge in [-0.3, -0.25) is 19.3 Å². The minimum absolute atomic E-state index is 0.184. The van der Waals surface area contributed by atoms with Crippen LogP contribution in [0, 0.1) is 0 Å². The highest BCUT2D eigenvalue weighted by Crippen LogP contribution is 2.18. The molecule has 1 fully saturated rings. The van der Waals surface area contributed by atoms with Gasteiger partial charge in [0, 0.05) is 30.9 Å². The number of thioether (sulfide) groups is 1. The molecule has 0 bridgehead atoms. The molecular formula is C21H23N3O3S. The van der Waals surface area contributed by atoms with Gasteiger partial charge in [-0.2, -0.15) is 0 Å². The standard InChI is InChI=1S/C21H23N3O3S/c1-2-16-7-3-4-9-18(16)23-13-15-6-5-8-17(12-15)20(26)22-10-11-24-19(25)14-28-21(24)27/h3-9,12,23H,2,10-11,13-14H2,1H3,(H,22,26). The molecule has 146 valence electrons. The van der Waals surface area contributed by atoms with E-state index < -0.39 is 0 Å². The minimum atomic E-state index is -0.250. The van der Waals surface area contributed by atoms with E-state index >= 15 is 0 Å². The normalized spacial score (nSPS) is 13.7. The van der Waals surface area contributed by atoms with E-state index in [1.54, 1.807) is 6.07 Å². The Bertz CT molecular complexity index is 869. The molecule has 2 aromatic carbocycles. The molecule has 3 rings (SSSR count). The highest BCUT2D eigenvalue weighted by molar-refractivity contribution is 8.14. The SMILES string of the molecule is CCc1ccccc1NCc1cccc(C(=O)NCCN2C(=O)CSC2=O)c1. The number of hydrogen-bond donors (Lipinski definition) is 2. The topological polar surface area (TPSA) is 78.5 Å². The first-order valence-corrected chi connectivity index (χ1v) is 10.2. The molecule has 1 aliphatic rings. The van der Waals surface area contributed by atoms with Gasteiger partial charge in [0.05, 0.1) is 5.75 Å². The summed E-state index contributed by atoms with van der Waals surface area (Å²) in [6, 6.07) is 15.6. The highest BCUT2D eigenvalue weighted by Gasteiger charge is 2.29. The molecule has 0 spiro atoms. The lowest BCUT2D eigenvalue weighted by Crippen LogP contribution is -2.37. The van der Waals surface area contributed by atoms with E-state index in [0.29, 0.717) is 12.1 Å². The lowest BCUT2D eigenvalue weighted by molar-refractivity contribution is -0.124. The molecule has 0 saturated carbocycles. The number of aryl methyl sites for hydroxylation is 1. The number of rotatable bonds is 8. The van der Waals surface area contributed by atoms with Gasteiger partial charge in [-0.05, 0) is 35.7 Å². The van der Waals surface area contributed by atoms with Crippen molar-refractivity contribution in [1.29, 1.82) is 0 Å². The van der Waals surface area contributed by atoms with E-state index in [0.717, 1.165) is 29.4 Å². The van der Waals surface area contributed by atoms with Gasteiger partial charge >= 0.3 is 0 Å². The van der Waals surface area contributed by atoms with Crippen LogP contribution >= 0.6 is 11.8 Å². The van der Waals surface area contributed by atoms with Crippen LogP contribution in [0.5, 0.6) is 0 Å². The summed E-state index contributed by atoms with van der Waals surface area (Å²) >= 11 is 0.995. The van der Waals surface area contributed by atoms with Crippen LogP contribution in [0.3, 0.4) is 0 Å². The molecule has 1 aliphatic heterocycles. The number of anilines is 1. The molecule has 2 aromatic rings. The maximum atomic E-state index is 12.4. The van der Waals surface area contributed by atoms with Crippen molar-refractivity contribution in [3.05, 3.63) is 65.2 Å². The third-order valence-electron chi connectivity index (χ3n) is 4.53. The number of carbonyl (C=O) groups excluding carboxylic acids is 3. The maximum Gasteiger partial charge on any atom is 0.288 e. The third kappa shape index (κ3) is 4.92. The van der Waals surface area contributed by atoms with Crippen LogP contribution in [0.4, 0.5) is 10.5 Å². The molecule has 28 heavy (non-hydrogen) atoms. The van der Waals surface area contributed by atoms with Crippen LogP contribution in [0.2, 0.25) is 0 Å². The number of imide groups is 1. The maximum absolute atomic E-state index is 12.4. The summed E-state index contributed by atoms with van der Waals surface area (Å²) in [5.74, 6) is -0.240. The molecule has 0 radical (unpaired) electrons. The van der Waals surface area contributed by atoms with E-state index in [9.17, 15) is 14.4 Å². The average Bonchev–Trinajstić information content (AvgIpc) is 3.04. The fourth-order valence-electron chi connectivity index (χ4n) is 3.00. The second-order valence-electron chi connectivity index (χ2n) is 6.42. The molecule has 0 aliphatic carbocycles. The fourth-order valence-corrected chi connectivity index (χ4v) is 3.75. The second-order valence-corrected chi connectivity index (χ2v) is 7.35. The molecule has 0 aromatic heterocycles. The summed E-state index contributed by atoms with van der Waals surface area (Å²) in [6.07, 6.45) is 0.951. The summed E-state index contributed by atoms with van der Waals surface area (Å²) in [5.41, 5.74) is 3.90. The van der Waals surface area contributed by atoms with Crippen LogP contribution < -0.4 is 10.6 Å². The molecule has 2 N–H and O–H groups in total. The molecule has 1 heterocycles. The van der Waals surface area contributed by atoms with Gasteiger partial charge in [-0.25, -0.2) is 0 Å². The number of carbonyl (C=O) groups is 3. The zero-order chi connectivity index (χ0) is 19.9. The summed E-state index contributed by atoms with van der Waals surface area (Å²) in [6.45, 7) is 3.17. The molecule has 3 amide bonds. The predicted octanol–water partition coefficient (Wildman–Crippen LogP) is 3.29. The number of nitrogens with one attached hydrogen (secondary N) is 2. The van der Waals surface area contributed by atoms with Crippen molar-refractivity contribution >= 4 is 34.5 Å². The van der Waals surface area contributed by atoms with Gasteiger partial charge < -0.3 is 10.6 Å². The van der Waals surface area contributed by atoms with Crippen molar-refractivity contribution in [1.82, 2.24) is 10.2 Å². The Morgan fingerprint density at radius 1 is 1.14 bits per heavy atom. The molecule has 7 heteroatoms. The summed E-state index contributed by atoms with van der Waals surface area (Å²) in [5, 5.41) is 5.94. The lowest BCUT2D eigenvalue weighted by atomic mass is 10.1. The smallest absolute Gasteiger partial charge is 0.288 e. The highest BCUT2D eigenvalue weighted by atomic mass is 32.2. The summed E-state index contributed by atoms with van der Waals surface area (Å²) < 4.78 is 0. The van der Waals surface area contributed by atoms with Crippen molar-refractivity contribution in [2.24, 2.45) is 0 Å². The van der Waals surface area contributed by atoms with Gasteiger partial charge in [0.1, 0.15) is 0 Å². The Balaban J connectivity index is 1.54. The Kier molecular flexibility index (Phi) is 6.71. The molecule has 1 saturated heterocycles. The number of amides is 3. The quantitative estimate of drug-likeness (QED) is 0.715. The third-order valence-corrected chi connectivity index (χ3v) is 5.39. The first kappa shape index (κ1) is 19.9. The van der Waals surface area contributed by atoms with Crippen LogP contribution in [0.15, 0.2) is 48.5 Å². The number of para-hydroxylation sites is 1. The van der Waals surface area contributed by atoms with E-state index in [1.165, 1.54) is 10.5 Å². The lowest BCUT2D eigenvalue weighted by Gasteiger charge is -2.14. The number of benzene rings is 2. The Morgan fingerprint density at radius 2 is 1.96 bits per heavy atom. The molecule has 6 nitrogen and oxygen atoms in total. The zero-order valence-electron chi connectivity index (χ0n) is 15.7. The van der Waals surface area contributed by atoms with Crippen LogP contribution in [0.1, 0.15) is 28.4 Å². The van der Waals surface area contributed by atoms with Gasteiger partial charge in [0.15, 0.2) is 0 Å². The molecular weight excluding hydrogens is 374 g/mol. The van der Waals surface area contributed by atoms with E-state index in [2.05, 4.69) is 29.7 Å². The van der Waals surface area contributed by atoms with Gasteiger partial charge in [-0.15, -0.1) is 0 Å². The predicted molar refractivity (Wildman–Crippen MR) is 111 cm³/mol. The number of nitrogens with zero attached hydrogens (tertiary/aromatic N) is 1. The van der Waals surface area contributed by atoms with Crippen molar-refractivity contribution in [2.45, 2.75) is 19.9 Å². The van der Waals surface area contributed by atoms with Gasteiger partial charge in [-0.1, -0.05) is 49.0 Å². The van der Waals surface area contributed by atoms with Crippen LogP contribution in [-0.2, 0) is 17.8 Å². The first-order valence-electron chi connectivity index (χ1n) is 9.24. The molecule has 0 unspecified atom stereocenters. The minimum Gasteiger partial charge on any atom is -0.381 e. The van der Waals surface area contributed by atoms with Crippen LogP contribution in [0.25, 0.3) is 0 Å².